The number of rotatable bonds is 2. The Hall–Kier alpha value is -3.90. The summed E-state index contributed by atoms with van der Waals surface area (Å²) >= 11 is 0. The fraction of sp³-hybridized carbons (Fsp3) is 0.167. The van der Waals surface area contributed by atoms with Gasteiger partial charge in [-0.15, -0.1) is 0 Å². The molecule has 5 aromatic carbocycles. The second-order valence-corrected chi connectivity index (χ2v) is 11.3. The van der Waals surface area contributed by atoms with Gasteiger partial charge in [0.2, 0.25) is 0 Å². The average molecular weight is 463 g/mol. The maximum absolute atomic E-state index is 2.42. The molecule has 0 aromatic heterocycles. The molecule has 0 atom stereocenters. The molecule has 7 rings (SSSR count). The van der Waals surface area contributed by atoms with Crippen LogP contribution in [0.2, 0.25) is 0 Å². The lowest BCUT2D eigenvalue weighted by atomic mass is 9.70. The van der Waals surface area contributed by atoms with Crippen LogP contribution in [0.25, 0.3) is 44.5 Å². The van der Waals surface area contributed by atoms with Crippen molar-refractivity contribution in [1.29, 1.82) is 0 Å². The minimum absolute atomic E-state index is 0.111. The Bertz CT molecular complexity index is 1570. The van der Waals surface area contributed by atoms with Gasteiger partial charge in [0.05, 0.1) is 0 Å². The first-order valence-corrected chi connectivity index (χ1v) is 13.0. The molecule has 0 fully saturated rings. The molecule has 0 aliphatic heterocycles. The summed E-state index contributed by atoms with van der Waals surface area (Å²) in [5.41, 5.74) is 16.5. The summed E-state index contributed by atoms with van der Waals surface area (Å²) in [7, 11) is 0. The fourth-order valence-electron chi connectivity index (χ4n) is 7.09. The van der Waals surface area contributed by atoms with Crippen molar-refractivity contribution in [2.24, 2.45) is 0 Å². The summed E-state index contributed by atoms with van der Waals surface area (Å²) in [6, 6.07) is 40.3. The molecule has 2 aliphatic carbocycles. The Balaban J connectivity index is 1.79. The minimum atomic E-state index is -0.111. The molecule has 0 amide bonds. The van der Waals surface area contributed by atoms with Crippen LogP contribution in [0.15, 0.2) is 109 Å². The zero-order valence-corrected chi connectivity index (χ0v) is 21.4. The van der Waals surface area contributed by atoms with Crippen molar-refractivity contribution in [3.63, 3.8) is 0 Å². The maximum atomic E-state index is 2.42. The van der Waals surface area contributed by atoms with Crippen LogP contribution in [0.1, 0.15) is 49.9 Å². The van der Waals surface area contributed by atoms with Gasteiger partial charge >= 0.3 is 0 Å². The molecule has 0 heteroatoms. The van der Waals surface area contributed by atoms with Gasteiger partial charge in [-0.2, -0.15) is 0 Å². The van der Waals surface area contributed by atoms with E-state index in [2.05, 4.69) is 137 Å². The third kappa shape index (κ3) is 2.65. The monoisotopic (exact) mass is 462 g/mol. The van der Waals surface area contributed by atoms with Crippen molar-refractivity contribution >= 4 is 0 Å². The number of fused-ring (bicyclic) bond motifs is 6. The van der Waals surface area contributed by atoms with Gasteiger partial charge in [0.1, 0.15) is 0 Å². The summed E-state index contributed by atoms with van der Waals surface area (Å²) in [5.74, 6) is 0. The molecule has 0 unspecified atom stereocenters. The molecule has 0 N–H and O–H groups in total. The van der Waals surface area contributed by atoms with E-state index in [0.29, 0.717) is 0 Å². The van der Waals surface area contributed by atoms with Crippen molar-refractivity contribution in [3.05, 3.63) is 131 Å². The molecule has 0 spiro atoms. The van der Waals surface area contributed by atoms with E-state index >= 15 is 0 Å². The zero-order chi connectivity index (χ0) is 24.7. The summed E-state index contributed by atoms with van der Waals surface area (Å²) in [6.45, 7) is 9.67. The number of hydrogen-bond donors (Lipinski definition) is 0. The van der Waals surface area contributed by atoms with Gasteiger partial charge in [-0.3, -0.25) is 0 Å². The zero-order valence-electron chi connectivity index (χ0n) is 21.4. The third-order valence-electron chi connectivity index (χ3n) is 8.61. The SMILES string of the molecule is CC1(C)c2ccccc2-c2c(-c3ccccc3)c3c(c(-c4ccccc4)c21)C(C)(C)c1ccccc1-3. The molecular weight excluding hydrogens is 432 g/mol. The van der Waals surface area contributed by atoms with Gasteiger partial charge in [0.15, 0.2) is 0 Å². The molecule has 0 heterocycles. The first-order chi connectivity index (χ1) is 17.4. The molecule has 36 heavy (non-hydrogen) atoms. The minimum Gasteiger partial charge on any atom is -0.0622 e. The van der Waals surface area contributed by atoms with Crippen molar-refractivity contribution in [2.75, 3.05) is 0 Å². The average Bonchev–Trinajstić information content (AvgIpc) is 3.29. The van der Waals surface area contributed by atoms with Gasteiger partial charge in [0, 0.05) is 10.8 Å². The van der Waals surface area contributed by atoms with E-state index in [9.17, 15) is 0 Å². The van der Waals surface area contributed by atoms with Crippen LogP contribution < -0.4 is 0 Å². The lowest BCUT2D eigenvalue weighted by molar-refractivity contribution is 0.642. The van der Waals surface area contributed by atoms with Crippen molar-refractivity contribution < 1.29 is 0 Å². The van der Waals surface area contributed by atoms with Crippen LogP contribution in [-0.2, 0) is 10.8 Å². The van der Waals surface area contributed by atoms with Gasteiger partial charge in [-0.1, -0.05) is 137 Å². The predicted molar refractivity (Wildman–Crippen MR) is 152 cm³/mol. The number of hydrogen-bond acceptors (Lipinski definition) is 0. The Labute approximate surface area is 214 Å². The molecule has 0 radical (unpaired) electrons. The van der Waals surface area contributed by atoms with Crippen LogP contribution in [0.3, 0.4) is 0 Å². The molecule has 174 valence electrons. The van der Waals surface area contributed by atoms with Crippen LogP contribution >= 0.6 is 0 Å². The molecule has 0 bridgehead atoms. The Morgan fingerprint density at radius 3 is 1.17 bits per heavy atom. The van der Waals surface area contributed by atoms with E-state index in [0.717, 1.165) is 0 Å². The molecule has 0 saturated carbocycles. The maximum Gasteiger partial charge on any atom is 0.0165 e. The van der Waals surface area contributed by atoms with E-state index < -0.39 is 0 Å². The van der Waals surface area contributed by atoms with E-state index in [4.69, 9.17) is 0 Å². The first kappa shape index (κ1) is 21.4. The van der Waals surface area contributed by atoms with Crippen LogP contribution in [0.5, 0.6) is 0 Å². The highest BCUT2D eigenvalue weighted by molar-refractivity contribution is 6.08. The standard InChI is InChI=1S/C36H30/c1-35(2)27-21-13-11-19-25(27)31-29(23-15-7-5-8-16-23)32-26-20-12-14-22-28(26)36(3,4)34(32)30(33(31)35)24-17-9-6-10-18-24/h5-22H,1-4H3. The molecular formula is C36H30. The Morgan fingerprint density at radius 2 is 0.722 bits per heavy atom. The van der Waals surface area contributed by atoms with Crippen LogP contribution in [0.4, 0.5) is 0 Å². The Morgan fingerprint density at radius 1 is 0.361 bits per heavy atom. The highest BCUT2D eigenvalue weighted by Crippen LogP contribution is 2.64. The van der Waals surface area contributed by atoms with Crippen molar-refractivity contribution in [2.45, 2.75) is 38.5 Å². The first-order valence-electron chi connectivity index (χ1n) is 13.0. The van der Waals surface area contributed by atoms with E-state index in [-0.39, 0.29) is 10.8 Å². The van der Waals surface area contributed by atoms with E-state index in [1.807, 2.05) is 0 Å². The third-order valence-corrected chi connectivity index (χ3v) is 8.61. The van der Waals surface area contributed by atoms with Gasteiger partial charge < -0.3 is 0 Å². The quantitative estimate of drug-likeness (QED) is 0.245. The Kier molecular flexibility index (Phi) is 4.34. The predicted octanol–water partition coefficient (Wildman–Crippen LogP) is 9.63. The van der Waals surface area contributed by atoms with Gasteiger partial charge in [-0.05, 0) is 66.8 Å². The molecule has 0 nitrogen and oxygen atoms in total. The topological polar surface area (TPSA) is 0 Å². The highest BCUT2D eigenvalue weighted by atomic mass is 14.5. The molecule has 0 saturated heterocycles. The lowest BCUT2D eigenvalue weighted by Gasteiger charge is -2.32. The summed E-state index contributed by atoms with van der Waals surface area (Å²) in [6.07, 6.45) is 0. The van der Waals surface area contributed by atoms with Crippen LogP contribution in [-0.4, -0.2) is 0 Å². The fourth-order valence-corrected chi connectivity index (χ4v) is 7.09. The summed E-state index contributed by atoms with van der Waals surface area (Å²) in [4.78, 5) is 0. The second kappa shape index (κ2) is 7.31. The molecule has 2 aliphatic rings. The summed E-state index contributed by atoms with van der Waals surface area (Å²) in [5, 5.41) is 0. The smallest absolute Gasteiger partial charge is 0.0165 e. The van der Waals surface area contributed by atoms with Crippen LogP contribution in [0, 0.1) is 0 Å². The van der Waals surface area contributed by atoms with E-state index in [1.165, 1.54) is 66.8 Å². The van der Waals surface area contributed by atoms with Gasteiger partial charge in [-0.25, -0.2) is 0 Å². The molecule has 5 aromatic rings. The lowest BCUT2D eigenvalue weighted by Crippen LogP contribution is -2.21. The van der Waals surface area contributed by atoms with Crippen molar-refractivity contribution in [3.8, 4) is 44.5 Å². The second-order valence-electron chi connectivity index (χ2n) is 11.3. The largest absolute Gasteiger partial charge is 0.0622 e. The van der Waals surface area contributed by atoms with E-state index in [1.54, 1.807) is 0 Å². The summed E-state index contributed by atoms with van der Waals surface area (Å²) < 4.78 is 0. The normalized spacial score (nSPS) is 15.7. The number of benzene rings is 5. The highest BCUT2D eigenvalue weighted by Gasteiger charge is 2.47. The van der Waals surface area contributed by atoms with Gasteiger partial charge in [0.25, 0.3) is 0 Å². The van der Waals surface area contributed by atoms with Crippen molar-refractivity contribution in [1.82, 2.24) is 0 Å².